The quantitative estimate of drug-likeness (QED) is 0.881. The van der Waals surface area contributed by atoms with Gasteiger partial charge in [0.25, 0.3) is 0 Å². The van der Waals surface area contributed by atoms with Crippen molar-refractivity contribution in [2.45, 2.75) is 19.4 Å². The molecule has 0 aliphatic heterocycles. The summed E-state index contributed by atoms with van der Waals surface area (Å²) in [6, 6.07) is 9.23. The van der Waals surface area contributed by atoms with E-state index < -0.39 is 6.10 Å². The zero-order chi connectivity index (χ0) is 12.3. The van der Waals surface area contributed by atoms with E-state index in [9.17, 15) is 5.11 Å². The van der Waals surface area contributed by atoms with Crippen LogP contribution in [-0.4, -0.2) is 12.2 Å². The minimum Gasteiger partial charge on any atom is -0.497 e. The van der Waals surface area contributed by atoms with E-state index in [0.717, 1.165) is 29.1 Å². The molecule has 2 aromatic rings. The van der Waals surface area contributed by atoms with Crippen molar-refractivity contribution in [3.8, 4) is 5.75 Å². The Morgan fingerprint density at radius 2 is 2.18 bits per heavy atom. The van der Waals surface area contributed by atoms with Gasteiger partial charge in [0.2, 0.25) is 0 Å². The smallest absolute Gasteiger partial charge is 0.119 e. The monoisotopic (exact) mass is 232 g/mol. The van der Waals surface area contributed by atoms with Gasteiger partial charge < -0.3 is 14.3 Å². The largest absolute Gasteiger partial charge is 0.497 e. The number of benzene rings is 1. The highest BCUT2D eigenvalue weighted by Gasteiger charge is 2.16. The first-order chi connectivity index (χ1) is 8.26. The first-order valence-electron chi connectivity index (χ1n) is 5.64. The summed E-state index contributed by atoms with van der Waals surface area (Å²) in [6.45, 7) is 2.00. The summed E-state index contributed by atoms with van der Waals surface area (Å²) in [6.07, 6.45) is 1.71. The molecular formula is C14H16O3. The van der Waals surface area contributed by atoms with Gasteiger partial charge in [0.1, 0.15) is 17.6 Å². The Labute approximate surface area is 101 Å². The Bertz CT molecular complexity index is 488. The second kappa shape index (κ2) is 5.06. The molecule has 0 aliphatic carbocycles. The lowest BCUT2D eigenvalue weighted by molar-refractivity contribution is 0.217. The molecule has 0 bridgehead atoms. The molecule has 3 nitrogen and oxygen atoms in total. The standard InChI is InChI=1S/C14H16O3/c1-3-13-12(7-8-17-13)14(15)10-5-4-6-11(9-10)16-2/h4-9,14-15H,3H2,1-2H3. The van der Waals surface area contributed by atoms with E-state index in [1.165, 1.54) is 0 Å². The van der Waals surface area contributed by atoms with Gasteiger partial charge in [0, 0.05) is 12.0 Å². The molecule has 1 aromatic heterocycles. The molecular weight excluding hydrogens is 216 g/mol. The van der Waals surface area contributed by atoms with Crippen molar-refractivity contribution in [1.29, 1.82) is 0 Å². The molecule has 90 valence electrons. The Hall–Kier alpha value is -1.74. The highest BCUT2D eigenvalue weighted by molar-refractivity contribution is 5.36. The summed E-state index contributed by atoms with van der Waals surface area (Å²) in [4.78, 5) is 0. The van der Waals surface area contributed by atoms with E-state index in [0.29, 0.717) is 0 Å². The lowest BCUT2D eigenvalue weighted by Crippen LogP contribution is -2.01. The normalized spacial score (nSPS) is 12.4. The summed E-state index contributed by atoms with van der Waals surface area (Å²) in [5.74, 6) is 1.56. The van der Waals surface area contributed by atoms with Crippen LogP contribution in [0.3, 0.4) is 0 Å². The van der Waals surface area contributed by atoms with Crippen LogP contribution in [0, 0.1) is 0 Å². The second-order valence-corrected chi connectivity index (χ2v) is 3.83. The molecule has 0 spiro atoms. The first-order valence-corrected chi connectivity index (χ1v) is 5.64. The lowest BCUT2D eigenvalue weighted by atomic mass is 10.0. The van der Waals surface area contributed by atoms with Crippen molar-refractivity contribution in [3.05, 3.63) is 53.5 Å². The molecule has 0 saturated carbocycles. The van der Waals surface area contributed by atoms with Crippen LogP contribution in [0.2, 0.25) is 0 Å². The molecule has 17 heavy (non-hydrogen) atoms. The van der Waals surface area contributed by atoms with Gasteiger partial charge in [-0.3, -0.25) is 0 Å². The van der Waals surface area contributed by atoms with E-state index in [4.69, 9.17) is 9.15 Å². The van der Waals surface area contributed by atoms with Gasteiger partial charge in [-0.15, -0.1) is 0 Å². The van der Waals surface area contributed by atoms with Crippen molar-refractivity contribution < 1.29 is 14.3 Å². The molecule has 1 heterocycles. The van der Waals surface area contributed by atoms with E-state index in [2.05, 4.69) is 0 Å². The van der Waals surface area contributed by atoms with Gasteiger partial charge in [0.05, 0.1) is 13.4 Å². The summed E-state index contributed by atoms with van der Waals surface area (Å²) in [5, 5.41) is 10.3. The molecule has 1 unspecified atom stereocenters. The number of hydrogen-bond acceptors (Lipinski definition) is 3. The number of hydrogen-bond donors (Lipinski definition) is 1. The van der Waals surface area contributed by atoms with E-state index in [1.54, 1.807) is 13.4 Å². The molecule has 2 rings (SSSR count). The number of ether oxygens (including phenoxy) is 1. The summed E-state index contributed by atoms with van der Waals surface area (Å²) >= 11 is 0. The summed E-state index contributed by atoms with van der Waals surface area (Å²) in [5.41, 5.74) is 1.63. The molecule has 1 N–H and O–H groups in total. The van der Waals surface area contributed by atoms with Crippen LogP contribution < -0.4 is 4.74 Å². The maximum Gasteiger partial charge on any atom is 0.119 e. The van der Waals surface area contributed by atoms with Crippen LogP contribution in [-0.2, 0) is 6.42 Å². The van der Waals surface area contributed by atoms with Crippen LogP contribution in [0.5, 0.6) is 5.75 Å². The van der Waals surface area contributed by atoms with Crippen LogP contribution in [0.1, 0.15) is 29.9 Å². The minimum absolute atomic E-state index is 0.668. The number of methoxy groups -OCH3 is 1. The molecule has 0 aliphatic rings. The first kappa shape index (κ1) is 11.7. The molecule has 3 heteroatoms. The number of aliphatic hydroxyl groups is 1. The summed E-state index contributed by atoms with van der Waals surface area (Å²) in [7, 11) is 1.61. The fraction of sp³-hybridized carbons (Fsp3) is 0.286. The highest BCUT2D eigenvalue weighted by Crippen LogP contribution is 2.28. The number of aliphatic hydroxyl groups excluding tert-OH is 1. The van der Waals surface area contributed by atoms with Gasteiger partial charge >= 0.3 is 0 Å². The highest BCUT2D eigenvalue weighted by atomic mass is 16.5. The zero-order valence-electron chi connectivity index (χ0n) is 10.0. The predicted octanol–water partition coefficient (Wildman–Crippen LogP) is 2.93. The van der Waals surface area contributed by atoms with Crippen molar-refractivity contribution in [3.63, 3.8) is 0 Å². The second-order valence-electron chi connectivity index (χ2n) is 3.83. The molecule has 0 fully saturated rings. The van der Waals surface area contributed by atoms with Crippen molar-refractivity contribution in [2.75, 3.05) is 7.11 Å². The molecule has 1 atom stereocenters. The van der Waals surface area contributed by atoms with Crippen molar-refractivity contribution in [2.24, 2.45) is 0 Å². The number of furan rings is 1. The van der Waals surface area contributed by atoms with Crippen LogP contribution >= 0.6 is 0 Å². The fourth-order valence-electron chi connectivity index (χ4n) is 1.87. The Kier molecular flexibility index (Phi) is 3.49. The maximum absolute atomic E-state index is 10.3. The SMILES string of the molecule is CCc1occc1C(O)c1cccc(OC)c1. The number of aryl methyl sites for hydroxylation is 1. The van der Waals surface area contributed by atoms with Crippen molar-refractivity contribution in [1.82, 2.24) is 0 Å². The average molecular weight is 232 g/mol. The third-order valence-corrected chi connectivity index (χ3v) is 2.81. The van der Waals surface area contributed by atoms with E-state index in [-0.39, 0.29) is 0 Å². The molecule has 0 radical (unpaired) electrons. The summed E-state index contributed by atoms with van der Waals surface area (Å²) < 4.78 is 10.5. The van der Waals surface area contributed by atoms with Gasteiger partial charge in [-0.25, -0.2) is 0 Å². The third-order valence-electron chi connectivity index (χ3n) is 2.81. The Balaban J connectivity index is 2.33. The average Bonchev–Trinajstić information content (AvgIpc) is 2.86. The zero-order valence-corrected chi connectivity index (χ0v) is 10.0. The fourth-order valence-corrected chi connectivity index (χ4v) is 1.87. The van der Waals surface area contributed by atoms with Gasteiger partial charge in [-0.1, -0.05) is 19.1 Å². The molecule has 0 saturated heterocycles. The van der Waals surface area contributed by atoms with Gasteiger partial charge in [-0.05, 0) is 23.8 Å². The topological polar surface area (TPSA) is 42.6 Å². The Morgan fingerprint density at radius 3 is 2.88 bits per heavy atom. The van der Waals surface area contributed by atoms with Crippen LogP contribution in [0.25, 0.3) is 0 Å². The van der Waals surface area contributed by atoms with E-state index >= 15 is 0 Å². The van der Waals surface area contributed by atoms with Crippen LogP contribution in [0.15, 0.2) is 41.0 Å². The molecule has 0 amide bonds. The van der Waals surface area contributed by atoms with Gasteiger partial charge in [0.15, 0.2) is 0 Å². The van der Waals surface area contributed by atoms with E-state index in [1.807, 2.05) is 37.3 Å². The van der Waals surface area contributed by atoms with Gasteiger partial charge in [-0.2, -0.15) is 0 Å². The molecule has 1 aromatic carbocycles. The number of rotatable bonds is 4. The maximum atomic E-state index is 10.3. The Morgan fingerprint density at radius 1 is 1.35 bits per heavy atom. The third kappa shape index (κ3) is 2.34. The van der Waals surface area contributed by atoms with Crippen molar-refractivity contribution >= 4 is 0 Å². The predicted molar refractivity (Wildman–Crippen MR) is 65.1 cm³/mol. The van der Waals surface area contributed by atoms with Crippen LogP contribution in [0.4, 0.5) is 0 Å². The lowest BCUT2D eigenvalue weighted by Gasteiger charge is -2.11. The minimum atomic E-state index is -0.668.